The Hall–Kier alpha value is -3.23. The summed E-state index contributed by atoms with van der Waals surface area (Å²) in [5.74, 6) is -1.94. The summed E-state index contributed by atoms with van der Waals surface area (Å²) in [7, 11) is 2.82. The molecule has 1 aliphatic heterocycles. The lowest BCUT2D eigenvalue weighted by molar-refractivity contribution is -0.142. The second kappa shape index (κ2) is 6.71. The fraction of sp³-hybridized carbons (Fsp3) is 0.312. The normalized spacial score (nSPS) is 19.3. The maximum atomic E-state index is 12.8. The maximum absolute atomic E-state index is 12.8. The largest absolute Gasteiger partial charge is 0.493 e. The first-order valence-electron chi connectivity index (χ1n) is 7.12. The number of nitrogens with one attached hydrogen (secondary N) is 1. The van der Waals surface area contributed by atoms with Crippen molar-refractivity contribution < 1.29 is 38.4 Å². The van der Waals surface area contributed by atoms with Gasteiger partial charge in [0.2, 0.25) is 17.2 Å². The molecule has 25 heavy (non-hydrogen) atoms. The minimum atomic E-state index is -1.68. The van der Waals surface area contributed by atoms with Crippen LogP contribution in [0.1, 0.15) is 19.4 Å². The number of carbonyl (C=O) groups excluding carboxylic acids is 2. The summed E-state index contributed by atoms with van der Waals surface area (Å²) in [6.07, 6.45) is -1.48. The monoisotopic (exact) mass is 351 g/mol. The van der Waals surface area contributed by atoms with Crippen molar-refractivity contribution in [3.05, 3.63) is 35.4 Å². The third-order valence-corrected chi connectivity index (χ3v) is 3.54. The molecule has 1 aliphatic rings. The molecule has 0 aliphatic carbocycles. The average molecular weight is 351 g/mol. The van der Waals surface area contributed by atoms with Crippen LogP contribution in [0.25, 0.3) is 0 Å². The quantitative estimate of drug-likeness (QED) is 0.766. The number of ketones is 1. The van der Waals surface area contributed by atoms with E-state index in [4.69, 9.17) is 24.1 Å². The molecule has 1 amide bonds. The first-order chi connectivity index (χ1) is 11.7. The molecule has 0 aromatic heterocycles. The van der Waals surface area contributed by atoms with Crippen molar-refractivity contribution in [1.82, 2.24) is 5.32 Å². The highest BCUT2D eigenvalue weighted by Crippen LogP contribution is 2.45. The highest BCUT2D eigenvalue weighted by atomic mass is 16.6. The van der Waals surface area contributed by atoms with Crippen molar-refractivity contribution in [2.24, 2.45) is 0 Å². The van der Waals surface area contributed by atoms with Crippen LogP contribution in [0, 0.1) is 0 Å². The topological polar surface area (TPSA) is 120 Å². The first kappa shape index (κ1) is 18.1. The Kier molecular flexibility index (Phi) is 4.87. The molecule has 1 aromatic carbocycles. The Morgan fingerprint density at radius 1 is 1.24 bits per heavy atom. The van der Waals surface area contributed by atoms with Crippen LogP contribution in [0.4, 0.5) is 4.79 Å². The molecule has 9 heteroatoms. The highest BCUT2D eigenvalue weighted by Gasteiger charge is 2.51. The second-order valence-electron chi connectivity index (χ2n) is 5.19. The average Bonchev–Trinajstić information content (AvgIpc) is 2.78. The summed E-state index contributed by atoms with van der Waals surface area (Å²) in [6.45, 7) is 2.49. The van der Waals surface area contributed by atoms with Crippen LogP contribution in [0.15, 0.2) is 29.8 Å². The Morgan fingerprint density at radius 2 is 1.92 bits per heavy atom. The lowest BCUT2D eigenvalue weighted by Gasteiger charge is -2.26. The Morgan fingerprint density at radius 3 is 2.44 bits per heavy atom. The number of methoxy groups -OCH3 is 2. The van der Waals surface area contributed by atoms with Gasteiger partial charge in [0.1, 0.15) is 0 Å². The molecule has 0 saturated carbocycles. The van der Waals surface area contributed by atoms with E-state index in [-0.39, 0.29) is 11.3 Å². The second-order valence-corrected chi connectivity index (χ2v) is 5.19. The standard InChI is InChI=1S/C16H17NO8/c1-8(18)24-12-13(19)16(2,25-14(12)17-15(20)21)9-6-5-7-10(22-3)11(9)23-4/h5-7,17H,1-4H3,(H,20,21). The molecule has 1 atom stereocenters. The van der Waals surface area contributed by atoms with Crippen LogP contribution >= 0.6 is 0 Å². The van der Waals surface area contributed by atoms with Gasteiger partial charge in [0.15, 0.2) is 11.5 Å². The van der Waals surface area contributed by atoms with E-state index < -0.39 is 35.1 Å². The van der Waals surface area contributed by atoms with Gasteiger partial charge in [-0.25, -0.2) is 4.79 Å². The molecular weight excluding hydrogens is 334 g/mol. The summed E-state index contributed by atoms with van der Waals surface area (Å²) in [4.78, 5) is 35.0. The van der Waals surface area contributed by atoms with Gasteiger partial charge in [-0.15, -0.1) is 0 Å². The SMILES string of the molecule is COc1cccc(C2(C)OC(NC(=O)O)=C(OC(C)=O)C2=O)c1OC. The number of benzene rings is 1. The van der Waals surface area contributed by atoms with Crippen LogP contribution in [0.2, 0.25) is 0 Å². The van der Waals surface area contributed by atoms with Gasteiger partial charge >= 0.3 is 12.1 Å². The molecular formula is C16H17NO8. The van der Waals surface area contributed by atoms with Crippen molar-refractivity contribution >= 4 is 17.8 Å². The minimum absolute atomic E-state index is 0.236. The number of esters is 1. The predicted molar refractivity (Wildman–Crippen MR) is 82.9 cm³/mol. The zero-order valence-corrected chi connectivity index (χ0v) is 14.0. The van der Waals surface area contributed by atoms with Crippen LogP contribution in [-0.4, -0.2) is 37.2 Å². The number of carboxylic acid groups (broad SMARTS) is 1. The van der Waals surface area contributed by atoms with E-state index in [2.05, 4.69) is 0 Å². The molecule has 0 saturated heterocycles. The van der Waals surface area contributed by atoms with Crippen LogP contribution < -0.4 is 14.8 Å². The molecule has 2 N–H and O–H groups in total. The molecule has 1 aromatic rings. The Bertz CT molecular complexity index is 769. The molecule has 1 heterocycles. The number of rotatable bonds is 5. The highest BCUT2D eigenvalue weighted by molar-refractivity contribution is 6.05. The van der Waals surface area contributed by atoms with E-state index in [0.29, 0.717) is 5.75 Å². The third kappa shape index (κ3) is 3.21. The maximum Gasteiger partial charge on any atom is 0.411 e. The molecule has 134 valence electrons. The van der Waals surface area contributed by atoms with Crippen molar-refractivity contribution in [2.75, 3.05) is 14.2 Å². The van der Waals surface area contributed by atoms with Gasteiger partial charge in [-0.3, -0.25) is 14.9 Å². The number of hydrogen-bond acceptors (Lipinski definition) is 7. The fourth-order valence-electron chi connectivity index (χ4n) is 2.47. The molecule has 0 fully saturated rings. The lowest BCUT2D eigenvalue weighted by atomic mass is 9.90. The number of para-hydroxylation sites is 1. The predicted octanol–water partition coefficient (Wildman–Crippen LogP) is 1.52. The van der Waals surface area contributed by atoms with Gasteiger partial charge < -0.3 is 24.1 Å². The van der Waals surface area contributed by atoms with Crippen molar-refractivity contribution in [3.8, 4) is 11.5 Å². The summed E-state index contributed by atoms with van der Waals surface area (Å²) >= 11 is 0. The van der Waals surface area contributed by atoms with Gasteiger partial charge in [0.05, 0.1) is 14.2 Å². The Labute approximate surface area is 143 Å². The Balaban J connectivity index is 2.55. The zero-order valence-electron chi connectivity index (χ0n) is 14.0. The van der Waals surface area contributed by atoms with Gasteiger partial charge in [0.25, 0.3) is 5.78 Å². The van der Waals surface area contributed by atoms with E-state index >= 15 is 0 Å². The van der Waals surface area contributed by atoms with Crippen LogP contribution in [0.3, 0.4) is 0 Å². The summed E-state index contributed by atoms with van der Waals surface area (Å²) in [5.41, 5.74) is -1.39. The smallest absolute Gasteiger partial charge is 0.411 e. The van der Waals surface area contributed by atoms with E-state index in [1.807, 2.05) is 5.32 Å². The van der Waals surface area contributed by atoms with Crippen LogP contribution in [0.5, 0.6) is 11.5 Å². The first-order valence-corrected chi connectivity index (χ1v) is 7.12. The van der Waals surface area contributed by atoms with Crippen molar-refractivity contribution in [3.63, 3.8) is 0 Å². The molecule has 9 nitrogen and oxygen atoms in total. The molecule has 0 bridgehead atoms. The minimum Gasteiger partial charge on any atom is -0.493 e. The van der Waals surface area contributed by atoms with Crippen LogP contribution in [-0.2, 0) is 24.7 Å². The van der Waals surface area contributed by atoms with E-state index in [9.17, 15) is 14.4 Å². The number of amides is 1. The summed E-state index contributed by atoms with van der Waals surface area (Å²) < 4.78 is 20.9. The third-order valence-electron chi connectivity index (χ3n) is 3.54. The lowest BCUT2D eigenvalue weighted by Crippen LogP contribution is -2.33. The van der Waals surface area contributed by atoms with E-state index in [0.717, 1.165) is 6.92 Å². The van der Waals surface area contributed by atoms with Gasteiger partial charge in [0, 0.05) is 12.5 Å². The van der Waals surface area contributed by atoms with E-state index in [1.54, 1.807) is 18.2 Å². The summed E-state index contributed by atoms with van der Waals surface area (Å²) in [5, 5.41) is 10.8. The molecule has 2 rings (SSSR count). The van der Waals surface area contributed by atoms with Crippen molar-refractivity contribution in [1.29, 1.82) is 0 Å². The number of Topliss-reactive ketones (excluding diaryl/α,β-unsaturated/α-hetero) is 1. The number of carbonyl (C=O) groups is 3. The van der Waals surface area contributed by atoms with Crippen molar-refractivity contribution in [2.45, 2.75) is 19.4 Å². The fourth-order valence-corrected chi connectivity index (χ4v) is 2.47. The van der Waals surface area contributed by atoms with Gasteiger partial charge in [-0.05, 0) is 13.0 Å². The molecule has 1 unspecified atom stereocenters. The van der Waals surface area contributed by atoms with E-state index in [1.165, 1.54) is 21.1 Å². The van der Waals surface area contributed by atoms with Gasteiger partial charge in [-0.2, -0.15) is 0 Å². The molecule has 0 spiro atoms. The molecule has 0 radical (unpaired) electrons. The zero-order chi connectivity index (χ0) is 18.8. The summed E-state index contributed by atoms with van der Waals surface area (Å²) in [6, 6.07) is 4.81. The number of hydrogen-bond donors (Lipinski definition) is 2. The number of ether oxygens (including phenoxy) is 4. The van der Waals surface area contributed by atoms with Gasteiger partial charge in [-0.1, -0.05) is 12.1 Å².